The lowest BCUT2D eigenvalue weighted by atomic mass is 9.98. The second-order valence-electron chi connectivity index (χ2n) is 3.57. The number of anilines is 1. The molecule has 0 amide bonds. The maximum Gasteiger partial charge on any atom is 0.149 e. The summed E-state index contributed by atoms with van der Waals surface area (Å²) in [7, 11) is 0. The Hall–Kier alpha value is -2.08. The third-order valence-corrected chi connectivity index (χ3v) is 2.60. The molecule has 2 aromatic rings. The average molecular weight is 217 g/mol. The fraction of sp³-hybridized carbons (Fsp3) is 0.0769. The standard InChI is InChI=1S/C13H9F2N/c1-3-9-10(14)5-4-8-6-11(16)13(15)7(2)12(8)9/h1,4-6H,16H2,2H3. The topological polar surface area (TPSA) is 26.0 Å². The molecule has 0 saturated heterocycles. The minimum Gasteiger partial charge on any atom is -0.396 e. The molecule has 0 aromatic heterocycles. The second-order valence-corrected chi connectivity index (χ2v) is 3.57. The Morgan fingerprint density at radius 1 is 1.31 bits per heavy atom. The van der Waals surface area contributed by atoms with Gasteiger partial charge in [0.25, 0.3) is 0 Å². The van der Waals surface area contributed by atoms with Gasteiger partial charge in [-0.3, -0.25) is 0 Å². The van der Waals surface area contributed by atoms with Crippen molar-refractivity contribution in [2.75, 3.05) is 5.73 Å². The van der Waals surface area contributed by atoms with E-state index in [-0.39, 0.29) is 16.8 Å². The molecule has 0 aliphatic carbocycles. The summed E-state index contributed by atoms with van der Waals surface area (Å²) in [5.41, 5.74) is 5.89. The quantitative estimate of drug-likeness (QED) is 0.532. The molecule has 0 aliphatic heterocycles. The molecule has 2 rings (SSSR count). The summed E-state index contributed by atoms with van der Waals surface area (Å²) < 4.78 is 27.0. The van der Waals surface area contributed by atoms with Crippen LogP contribution in [0.15, 0.2) is 18.2 Å². The number of terminal acetylenes is 1. The van der Waals surface area contributed by atoms with Gasteiger partial charge in [0, 0.05) is 5.39 Å². The van der Waals surface area contributed by atoms with E-state index in [9.17, 15) is 8.78 Å². The second kappa shape index (κ2) is 3.49. The van der Waals surface area contributed by atoms with Crippen molar-refractivity contribution in [3.05, 3.63) is 41.0 Å². The van der Waals surface area contributed by atoms with Gasteiger partial charge in [-0.05, 0) is 30.0 Å². The van der Waals surface area contributed by atoms with Gasteiger partial charge < -0.3 is 5.73 Å². The van der Waals surface area contributed by atoms with E-state index in [0.717, 1.165) is 0 Å². The predicted octanol–water partition coefficient (Wildman–Crippen LogP) is 2.99. The van der Waals surface area contributed by atoms with Crippen molar-refractivity contribution in [1.82, 2.24) is 0 Å². The third kappa shape index (κ3) is 1.31. The van der Waals surface area contributed by atoms with E-state index in [2.05, 4.69) is 5.92 Å². The van der Waals surface area contributed by atoms with Crippen LogP contribution in [0.5, 0.6) is 0 Å². The highest BCUT2D eigenvalue weighted by atomic mass is 19.1. The molecule has 0 radical (unpaired) electrons. The predicted molar refractivity (Wildman–Crippen MR) is 60.9 cm³/mol. The Kier molecular flexibility index (Phi) is 2.28. The molecule has 0 spiro atoms. The number of hydrogen-bond acceptors (Lipinski definition) is 1. The van der Waals surface area contributed by atoms with E-state index < -0.39 is 11.6 Å². The summed E-state index contributed by atoms with van der Waals surface area (Å²) in [6, 6.07) is 4.25. The summed E-state index contributed by atoms with van der Waals surface area (Å²) in [5, 5.41) is 1.06. The Morgan fingerprint density at radius 2 is 2.00 bits per heavy atom. The number of hydrogen-bond donors (Lipinski definition) is 1. The largest absolute Gasteiger partial charge is 0.396 e. The van der Waals surface area contributed by atoms with Crippen molar-refractivity contribution >= 4 is 16.5 Å². The van der Waals surface area contributed by atoms with E-state index in [1.165, 1.54) is 25.1 Å². The lowest BCUT2D eigenvalue weighted by Crippen LogP contribution is -1.97. The summed E-state index contributed by atoms with van der Waals surface area (Å²) in [6.07, 6.45) is 5.23. The molecular weight excluding hydrogens is 208 g/mol. The van der Waals surface area contributed by atoms with Crippen LogP contribution in [0, 0.1) is 30.9 Å². The zero-order chi connectivity index (χ0) is 11.9. The SMILES string of the molecule is C#Cc1c(F)ccc2cc(N)c(F)c(C)c12. The van der Waals surface area contributed by atoms with Crippen LogP contribution in [0.1, 0.15) is 11.1 Å². The van der Waals surface area contributed by atoms with Gasteiger partial charge in [-0.2, -0.15) is 0 Å². The molecule has 3 heteroatoms. The number of aryl methyl sites for hydroxylation is 1. The molecular formula is C13H9F2N. The highest BCUT2D eigenvalue weighted by molar-refractivity contribution is 5.93. The number of halogens is 2. The highest BCUT2D eigenvalue weighted by Crippen LogP contribution is 2.29. The van der Waals surface area contributed by atoms with Gasteiger partial charge in [-0.15, -0.1) is 6.42 Å². The van der Waals surface area contributed by atoms with Gasteiger partial charge in [0.15, 0.2) is 0 Å². The smallest absolute Gasteiger partial charge is 0.149 e. The first kappa shape index (κ1) is 10.4. The van der Waals surface area contributed by atoms with Crippen molar-refractivity contribution in [3.8, 4) is 12.3 Å². The Labute approximate surface area is 91.9 Å². The van der Waals surface area contributed by atoms with Crippen molar-refractivity contribution in [2.45, 2.75) is 6.92 Å². The Morgan fingerprint density at radius 3 is 2.62 bits per heavy atom. The molecule has 2 aromatic carbocycles. The lowest BCUT2D eigenvalue weighted by molar-refractivity contribution is 0.621. The van der Waals surface area contributed by atoms with Gasteiger partial charge in [-0.25, -0.2) is 8.78 Å². The van der Waals surface area contributed by atoms with Crippen molar-refractivity contribution in [2.24, 2.45) is 0 Å². The molecule has 0 unspecified atom stereocenters. The first-order valence-electron chi connectivity index (χ1n) is 4.69. The van der Waals surface area contributed by atoms with Crippen LogP contribution < -0.4 is 5.73 Å². The summed E-state index contributed by atoms with van der Waals surface area (Å²) in [6.45, 7) is 1.54. The zero-order valence-electron chi connectivity index (χ0n) is 8.64. The Bertz CT molecular complexity index is 624. The van der Waals surface area contributed by atoms with E-state index in [4.69, 9.17) is 12.2 Å². The minimum absolute atomic E-state index is 0.0413. The summed E-state index contributed by atoms with van der Waals surface area (Å²) in [4.78, 5) is 0. The molecule has 2 N–H and O–H groups in total. The summed E-state index contributed by atoms with van der Waals surface area (Å²) >= 11 is 0. The van der Waals surface area contributed by atoms with Gasteiger partial charge in [0.1, 0.15) is 11.6 Å². The van der Waals surface area contributed by atoms with E-state index >= 15 is 0 Å². The first-order valence-corrected chi connectivity index (χ1v) is 4.69. The third-order valence-electron chi connectivity index (χ3n) is 2.60. The maximum atomic E-state index is 13.6. The molecule has 0 fully saturated rings. The molecule has 0 bridgehead atoms. The highest BCUT2D eigenvalue weighted by Gasteiger charge is 2.13. The van der Waals surface area contributed by atoms with E-state index in [1.807, 2.05) is 0 Å². The zero-order valence-corrected chi connectivity index (χ0v) is 8.64. The van der Waals surface area contributed by atoms with Crippen LogP contribution in [0.2, 0.25) is 0 Å². The number of nitrogens with two attached hydrogens (primary N) is 1. The number of benzene rings is 2. The molecule has 0 aliphatic rings. The molecule has 0 atom stereocenters. The normalized spacial score (nSPS) is 10.4. The molecule has 80 valence electrons. The van der Waals surface area contributed by atoms with Crippen molar-refractivity contribution < 1.29 is 8.78 Å². The van der Waals surface area contributed by atoms with Gasteiger partial charge in [0.2, 0.25) is 0 Å². The first-order chi connectivity index (χ1) is 7.56. The monoisotopic (exact) mass is 217 g/mol. The van der Waals surface area contributed by atoms with Gasteiger partial charge in [-0.1, -0.05) is 12.0 Å². The fourth-order valence-corrected chi connectivity index (χ4v) is 1.82. The van der Waals surface area contributed by atoms with E-state index in [0.29, 0.717) is 10.8 Å². The van der Waals surface area contributed by atoms with Crippen LogP contribution in [-0.2, 0) is 0 Å². The van der Waals surface area contributed by atoms with Crippen LogP contribution in [0.25, 0.3) is 10.8 Å². The maximum absolute atomic E-state index is 13.6. The van der Waals surface area contributed by atoms with Crippen molar-refractivity contribution in [1.29, 1.82) is 0 Å². The number of fused-ring (bicyclic) bond motifs is 1. The van der Waals surface area contributed by atoms with Gasteiger partial charge >= 0.3 is 0 Å². The average Bonchev–Trinajstić information content (AvgIpc) is 2.27. The number of nitrogen functional groups attached to an aromatic ring is 1. The minimum atomic E-state index is -0.547. The van der Waals surface area contributed by atoms with Crippen molar-refractivity contribution in [3.63, 3.8) is 0 Å². The molecule has 0 heterocycles. The molecule has 0 saturated carbocycles. The van der Waals surface area contributed by atoms with Crippen LogP contribution in [-0.4, -0.2) is 0 Å². The van der Waals surface area contributed by atoms with E-state index in [1.54, 1.807) is 0 Å². The van der Waals surface area contributed by atoms with Crippen LogP contribution >= 0.6 is 0 Å². The van der Waals surface area contributed by atoms with Crippen LogP contribution in [0.3, 0.4) is 0 Å². The fourth-order valence-electron chi connectivity index (χ4n) is 1.82. The van der Waals surface area contributed by atoms with Gasteiger partial charge in [0.05, 0.1) is 11.3 Å². The summed E-state index contributed by atoms with van der Waals surface area (Å²) in [5.74, 6) is 1.17. The van der Waals surface area contributed by atoms with Crippen LogP contribution in [0.4, 0.5) is 14.5 Å². The lowest BCUT2D eigenvalue weighted by Gasteiger charge is -2.09. The number of rotatable bonds is 0. The molecule has 16 heavy (non-hydrogen) atoms. The molecule has 1 nitrogen and oxygen atoms in total. The Balaban J connectivity index is 3.05.